The number of nitrogens with one attached hydrogen (secondary N) is 1. The van der Waals surface area contributed by atoms with Gasteiger partial charge in [-0.05, 0) is 37.8 Å². The van der Waals surface area contributed by atoms with Crippen molar-refractivity contribution in [2.24, 2.45) is 0 Å². The molecule has 1 N–H and O–H groups in total. The van der Waals surface area contributed by atoms with Crippen LogP contribution in [0, 0.1) is 6.92 Å². The highest BCUT2D eigenvalue weighted by Gasteiger charge is 2.33. The number of hydrogen-bond donors (Lipinski definition) is 1. The predicted molar refractivity (Wildman–Crippen MR) is 108 cm³/mol. The molecule has 3 amide bonds. The molecular weight excluding hydrogens is 354 g/mol. The zero-order valence-electron chi connectivity index (χ0n) is 16.1. The molecule has 1 saturated heterocycles. The summed E-state index contributed by atoms with van der Waals surface area (Å²) < 4.78 is 1.68. The van der Waals surface area contributed by atoms with Gasteiger partial charge in [0, 0.05) is 25.0 Å². The second-order valence-corrected chi connectivity index (χ2v) is 6.85. The summed E-state index contributed by atoms with van der Waals surface area (Å²) in [6, 6.07) is 15.1. The van der Waals surface area contributed by atoms with Crippen molar-refractivity contribution in [2.75, 3.05) is 18.4 Å². The van der Waals surface area contributed by atoms with Gasteiger partial charge in [0.2, 0.25) is 0 Å². The average Bonchev–Trinajstić information content (AvgIpc) is 3.34. The molecule has 1 aromatic heterocycles. The largest absolute Gasteiger partial charge is 0.340 e. The normalized spacial score (nSPS) is 13.9. The lowest BCUT2D eigenvalue weighted by atomic mass is 10.1. The number of aryl methyl sites for hydroxylation is 2. The van der Waals surface area contributed by atoms with Crippen LogP contribution in [0.15, 0.2) is 48.5 Å². The maximum atomic E-state index is 13.1. The number of aromatic nitrogens is 2. The zero-order chi connectivity index (χ0) is 19.7. The molecule has 2 aromatic carbocycles. The van der Waals surface area contributed by atoms with Crippen molar-refractivity contribution >= 4 is 28.4 Å². The van der Waals surface area contributed by atoms with Crippen LogP contribution in [0.25, 0.3) is 10.8 Å². The lowest BCUT2D eigenvalue weighted by molar-refractivity contribution is 0.0392. The van der Waals surface area contributed by atoms with E-state index in [0.29, 0.717) is 25.3 Å². The van der Waals surface area contributed by atoms with Gasteiger partial charge in [0.15, 0.2) is 0 Å². The van der Waals surface area contributed by atoms with E-state index in [4.69, 9.17) is 0 Å². The number of carbonyl (C=O) groups excluding carboxylic acids is 2. The second kappa shape index (κ2) is 7.34. The Morgan fingerprint density at radius 3 is 2.64 bits per heavy atom. The van der Waals surface area contributed by atoms with E-state index in [0.717, 1.165) is 28.6 Å². The summed E-state index contributed by atoms with van der Waals surface area (Å²) in [6.07, 6.45) is 0.744. The van der Waals surface area contributed by atoms with E-state index in [1.54, 1.807) is 10.7 Å². The van der Waals surface area contributed by atoms with Crippen LogP contribution in [0.2, 0.25) is 0 Å². The number of rotatable bonds is 3. The minimum absolute atomic E-state index is 0.201. The fourth-order valence-electron chi connectivity index (χ4n) is 3.64. The molecule has 1 aliphatic rings. The first kappa shape index (κ1) is 18.0. The van der Waals surface area contributed by atoms with Crippen LogP contribution in [-0.4, -0.2) is 44.8 Å². The molecule has 28 heavy (non-hydrogen) atoms. The van der Waals surface area contributed by atoms with Crippen molar-refractivity contribution in [2.45, 2.75) is 26.8 Å². The maximum absolute atomic E-state index is 13.1. The number of nitrogens with zero attached hydrogens (tertiary/aromatic N) is 4. The van der Waals surface area contributed by atoms with Crippen LogP contribution < -0.4 is 5.32 Å². The number of hydrogen-bond acceptors (Lipinski definition) is 3. The van der Waals surface area contributed by atoms with Gasteiger partial charge in [-0.3, -0.25) is 9.48 Å². The highest BCUT2D eigenvalue weighted by Crippen LogP contribution is 2.24. The smallest absolute Gasteiger partial charge is 0.306 e. The summed E-state index contributed by atoms with van der Waals surface area (Å²) in [5.74, 6) is -0.201. The summed E-state index contributed by atoms with van der Waals surface area (Å²) >= 11 is 0. The summed E-state index contributed by atoms with van der Waals surface area (Å²) in [5, 5.41) is 12.3. The molecule has 1 aliphatic heterocycles. The Morgan fingerprint density at radius 1 is 1.07 bits per heavy atom. The number of urea groups is 1. The Kier molecular flexibility index (Phi) is 4.73. The second-order valence-electron chi connectivity index (χ2n) is 6.85. The molecule has 4 rings (SSSR count). The van der Waals surface area contributed by atoms with Crippen molar-refractivity contribution in [3.8, 4) is 0 Å². The van der Waals surface area contributed by atoms with Gasteiger partial charge in [-0.1, -0.05) is 36.4 Å². The lowest BCUT2D eigenvalue weighted by Crippen LogP contribution is -2.47. The van der Waals surface area contributed by atoms with Crippen LogP contribution >= 0.6 is 0 Å². The molecule has 2 heterocycles. The quantitative estimate of drug-likeness (QED) is 0.757. The number of anilines is 1. The molecule has 0 bridgehead atoms. The van der Waals surface area contributed by atoms with Gasteiger partial charge in [-0.2, -0.15) is 5.10 Å². The molecule has 7 nitrogen and oxygen atoms in total. The summed E-state index contributed by atoms with van der Waals surface area (Å²) in [5.41, 5.74) is 2.03. The number of amides is 3. The Bertz CT molecular complexity index is 1040. The third kappa shape index (κ3) is 3.19. The van der Waals surface area contributed by atoms with E-state index >= 15 is 0 Å². The van der Waals surface area contributed by atoms with Crippen molar-refractivity contribution in [1.82, 2.24) is 19.8 Å². The van der Waals surface area contributed by atoms with Crippen LogP contribution in [0.5, 0.6) is 0 Å². The number of carbonyl (C=O) groups is 2. The van der Waals surface area contributed by atoms with E-state index in [2.05, 4.69) is 10.4 Å². The molecule has 1 fully saturated rings. The Hall–Kier alpha value is -3.35. The zero-order valence-corrected chi connectivity index (χ0v) is 16.1. The standard InChI is InChI=1S/C21H23N5O2/c1-3-24-19(14-15(2)23-24)20(27)25-12-7-13-26(25)21(28)22-18-11-6-9-16-8-4-5-10-17(16)18/h4-6,8-11,14H,3,7,12-13H2,1-2H3,(H,22,28). The van der Waals surface area contributed by atoms with Gasteiger partial charge >= 0.3 is 6.03 Å². The highest BCUT2D eigenvalue weighted by molar-refractivity contribution is 6.02. The lowest BCUT2D eigenvalue weighted by Gasteiger charge is -2.28. The van der Waals surface area contributed by atoms with E-state index in [9.17, 15) is 9.59 Å². The fourth-order valence-corrected chi connectivity index (χ4v) is 3.64. The van der Waals surface area contributed by atoms with Gasteiger partial charge in [0.05, 0.1) is 11.4 Å². The van der Waals surface area contributed by atoms with Gasteiger partial charge in [0.25, 0.3) is 5.91 Å². The molecule has 0 aliphatic carbocycles. The van der Waals surface area contributed by atoms with E-state index in [1.807, 2.05) is 56.3 Å². The Balaban J connectivity index is 1.57. The van der Waals surface area contributed by atoms with E-state index < -0.39 is 0 Å². The Morgan fingerprint density at radius 2 is 1.82 bits per heavy atom. The fraction of sp³-hybridized carbons (Fsp3) is 0.286. The van der Waals surface area contributed by atoms with Gasteiger partial charge < -0.3 is 5.32 Å². The number of benzene rings is 2. The number of hydrazine groups is 1. The van der Waals surface area contributed by atoms with Crippen LogP contribution in [0.3, 0.4) is 0 Å². The SMILES string of the molecule is CCn1nc(C)cc1C(=O)N1CCCN1C(=O)Nc1cccc2ccccc12. The minimum Gasteiger partial charge on any atom is -0.306 e. The molecule has 0 atom stereocenters. The Labute approximate surface area is 163 Å². The van der Waals surface area contributed by atoms with E-state index in [-0.39, 0.29) is 11.9 Å². The van der Waals surface area contributed by atoms with Crippen molar-refractivity contribution in [1.29, 1.82) is 0 Å². The third-order valence-corrected chi connectivity index (χ3v) is 4.95. The summed E-state index contributed by atoms with van der Waals surface area (Å²) in [4.78, 5) is 26.0. The van der Waals surface area contributed by atoms with Crippen molar-refractivity contribution in [3.05, 3.63) is 59.9 Å². The summed E-state index contributed by atoms with van der Waals surface area (Å²) in [6.45, 7) is 5.42. The monoisotopic (exact) mass is 377 g/mol. The van der Waals surface area contributed by atoms with Gasteiger partial charge in [-0.15, -0.1) is 0 Å². The van der Waals surface area contributed by atoms with Gasteiger partial charge in [-0.25, -0.2) is 14.8 Å². The minimum atomic E-state index is -0.304. The topological polar surface area (TPSA) is 70.5 Å². The molecule has 7 heteroatoms. The van der Waals surface area contributed by atoms with Crippen molar-refractivity contribution in [3.63, 3.8) is 0 Å². The average molecular weight is 377 g/mol. The molecular formula is C21H23N5O2. The first-order valence-corrected chi connectivity index (χ1v) is 9.51. The van der Waals surface area contributed by atoms with E-state index in [1.165, 1.54) is 10.0 Å². The van der Waals surface area contributed by atoms with Gasteiger partial charge in [0.1, 0.15) is 5.69 Å². The molecule has 0 radical (unpaired) electrons. The van der Waals surface area contributed by atoms with Crippen molar-refractivity contribution < 1.29 is 9.59 Å². The molecule has 0 spiro atoms. The maximum Gasteiger partial charge on any atom is 0.340 e. The highest BCUT2D eigenvalue weighted by atomic mass is 16.2. The van der Waals surface area contributed by atoms with Crippen LogP contribution in [-0.2, 0) is 6.54 Å². The third-order valence-electron chi connectivity index (χ3n) is 4.95. The number of fused-ring (bicyclic) bond motifs is 1. The molecule has 3 aromatic rings. The predicted octanol–water partition coefficient (Wildman–Crippen LogP) is 3.66. The molecule has 144 valence electrons. The molecule has 0 saturated carbocycles. The first-order chi connectivity index (χ1) is 13.6. The molecule has 0 unspecified atom stereocenters. The van der Waals surface area contributed by atoms with Crippen LogP contribution in [0.1, 0.15) is 29.5 Å². The van der Waals surface area contributed by atoms with Crippen LogP contribution in [0.4, 0.5) is 10.5 Å². The summed E-state index contributed by atoms with van der Waals surface area (Å²) in [7, 11) is 0. The first-order valence-electron chi connectivity index (χ1n) is 9.51.